The van der Waals surface area contributed by atoms with Gasteiger partial charge in [-0.2, -0.15) is 0 Å². The second-order valence-electron chi connectivity index (χ2n) is 7.15. The molecule has 124 valence electrons. The van der Waals surface area contributed by atoms with E-state index in [2.05, 4.69) is 47.5 Å². The van der Waals surface area contributed by atoms with Crippen molar-refractivity contribution in [1.82, 2.24) is 15.0 Å². The van der Waals surface area contributed by atoms with E-state index < -0.39 is 0 Å². The van der Waals surface area contributed by atoms with Crippen molar-refractivity contribution in [2.24, 2.45) is 0 Å². The van der Waals surface area contributed by atoms with Crippen LogP contribution < -0.4 is 10.6 Å². The lowest BCUT2D eigenvalue weighted by Gasteiger charge is -2.22. The first-order valence-corrected chi connectivity index (χ1v) is 8.02. The number of nitrogens with two attached hydrogens (primary N) is 1. The molecule has 0 fully saturated rings. The second-order valence-corrected chi connectivity index (χ2v) is 7.15. The zero-order valence-electron chi connectivity index (χ0n) is 14.7. The summed E-state index contributed by atoms with van der Waals surface area (Å²) in [5.74, 6) is 1.74. The van der Waals surface area contributed by atoms with Gasteiger partial charge in [0, 0.05) is 32.2 Å². The van der Waals surface area contributed by atoms with Crippen molar-refractivity contribution >= 4 is 11.8 Å². The van der Waals surface area contributed by atoms with E-state index in [1.807, 2.05) is 37.8 Å². The van der Waals surface area contributed by atoms with E-state index in [1.54, 1.807) is 0 Å². The molecule has 0 aromatic carbocycles. The Balaban J connectivity index is 1.94. The predicted molar refractivity (Wildman–Crippen MR) is 95.7 cm³/mol. The summed E-state index contributed by atoms with van der Waals surface area (Å²) < 4.78 is 0. The molecule has 1 atom stereocenters. The quantitative estimate of drug-likeness (QED) is 0.916. The molecule has 0 bridgehead atoms. The fourth-order valence-corrected chi connectivity index (χ4v) is 2.27. The third-order valence-electron chi connectivity index (χ3n) is 4.12. The molecule has 0 saturated heterocycles. The van der Waals surface area contributed by atoms with Crippen LogP contribution in [0.5, 0.6) is 0 Å². The van der Waals surface area contributed by atoms with Gasteiger partial charge in [0.15, 0.2) is 0 Å². The van der Waals surface area contributed by atoms with Crippen LogP contribution in [0.1, 0.15) is 51.2 Å². The molecule has 2 aromatic rings. The third kappa shape index (κ3) is 4.65. The van der Waals surface area contributed by atoms with Crippen LogP contribution in [-0.2, 0) is 5.41 Å². The number of hydrogen-bond donors (Lipinski definition) is 1. The molecular weight excluding hydrogens is 286 g/mol. The van der Waals surface area contributed by atoms with Crippen LogP contribution in [0.4, 0.5) is 11.8 Å². The molecule has 2 rings (SSSR count). The average molecular weight is 313 g/mol. The third-order valence-corrected chi connectivity index (χ3v) is 4.12. The zero-order valence-corrected chi connectivity index (χ0v) is 14.7. The van der Waals surface area contributed by atoms with Crippen molar-refractivity contribution in [2.45, 2.75) is 45.4 Å². The second kappa shape index (κ2) is 6.94. The molecule has 2 N–H and O–H groups in total. The van der Waals surface area contributed by atoms with Gasteiger partial charge in [-0.1, -0.05) is 33.8 Å². The number of anilines is 2. The highest BCUT2D eigenvalue weighted by Gasteiger charge is 2.15. The number of aromatic nitrogens is 3. The number of nitrogen functional groups attached to an aromatic ring is 1. The highest BCUT2D eigenvalue weighted by molar-refractivity contribution is 5.32. The van der Waals surface area contributed by atoms with Crippen LogP contribution >= 0.6 is 0 Å². The molecule has 23 heavy (non-hydrogen) atoms. The Hall–Kier alpha value is -2.17. The molecule has 0 spiro atoms. The van der Waals surface area contributed by atoms with E-state index in [-0.39, 0.29) is 5.41 Å². The summed E-state index contributed by atoms with van der Waals surface area (Å²) in [6.07, 6.45) is 6.71. The molecule has 0 radical (unpaired) electrons. The maximum atomic E-state index is 5.63. The van der Waals surface area contributed by atoms with E-state index in [4.69, 9.17) is 5.73 Å². The molecule has 0 aliphatic heterocycles. The Labute approximate surface area is 139 Å². The van der Waals surface area contributed by atoms with Crippen molar-refractivity contribution in [1.29, 1.82) is 0 Å². The molecule has 5 nitrogen and oxygen atoms in total. The highest BCUT2D eigenvalue weighted by atomic mass is 15.2. The Kier molecular flexibility index (Phi) is 5.19. The highest BCUT2D eigenvalue weighted by Crippen LogP contribution is 2.22. The fraction of sp³-hybridized carbons (Fsp3) is 0.500. The smallest absolute Gasteiger partial charge is 0.224 e. The summed E-state index contributed by atoms with van der Waals surface area (Å²) in [6, 6.07) is 3.89. The van der Waals surface area contributed by atoms with E-state index in [0.717, 1.165) is 24.5 Å². The van der Waals surface area contributed by atoms with Crippen molar-refractivity contribution in [3.8, 4) is 0 Å². The van der Waals surface area contributed by atoms with Crippen LogP contribution in [0.25, 0.3) is 0 Å². The first-order chi connectivity index (χ1) is 10.8. The number of hydrogen-bond acceptors (Lipinski definition) is 5. The van der Waals surface area contributed by atoms with Gasteiger partial charge in [-0.15, -0.1) is 0 Å². The SMILES string of the molecule is CC(CCN(C)c1ncc(C(C)(C)C)cn1)c1ccc(N)nc1. The van der Waals surface area contributed by atoms with E-state index in [0.29, 0.717) is 11.7 Å². The molecule has 0 aliphatic carbocycles. The Morgan fingerprint density at radius 2 is 1.74 bits per heavy atom. The summed E-state index contributed by atoms with van der Waals surface area (Å²) in [4.78, 5) is 15.2. The molecular formula is C18H27N5. The summed E-state index contributed by atoms with van der Waals surface area (Å²) in [6.45, 7) is 9.58. The monoisotopic (exact) mass is 313 g/mol. The van der Waals surface area contributed by atoms with Crippen LogP contribution in [-0.4, -0.2) is 28.5 Å². The van der Waals surface area contributed by atoms with Crippen LogP contribution in [0.15, 0.2) is 30.7 Å². The zero-order chi connectivity index (χ0) is 17.0. The average Bonchev–Trinajstić information content (AvgIpc) is 2.52. The lowest BCUT2D eigenvalue weighted by molar-refractivity contribution is 0.583. The maximum Gasteiger partial charge on any atom is 0.224 e. The fourth-order valence-electron chi connectivity index (χ4n) is 2.27. The van der Waals surface area contributed by atoms with Gasteiger partial charge in [-0.3, -0.25) is 0 Å². The van der Waals surface area contributed by atoms with Gasteiger partial charge in [-0.05, 0) is 34.9 Å². The minimum atomic E-state index is 0.0772. The summed E-state index contributed by atoms with van der Waals surface area (Å²) in [5.41, 5.74) is 8.06. The standard InChI is InChI=1S/C18H27N5/c1-13(14-6-7-16(19)20-10-14)8-9-23(5)17-21-11-15(12-22-17)18(2,3)4/h6-7,10-13H,8-9H2,1-5H3,(H2,19,20). The van der Waals surface area contributed by atoms with Gasteiger partial charge in [0.25, 0.3) is 0 Å². The topological polar surface area (TPSA) is 67.9 Å². The normalized spacial score (nSPS) is 12.9. The van der Waals surface area contributed by atoms with Crippen molar-refractivity contribution in [2.75, 3.05) is 24.2 Å². The molecule has 5 heteroatoms. The lowest BCUT2D eigenvalue weighted by atomic mass is 9.89. The van der Waals surface area contributed by atoms with Gasteiger partial charge in [0.05, 0.1) is 0 Å². The van der Waals surface area contributed by atoms with Gasteiger partial charge < -0.3 is 10.6 Å². The van der Waals surface area contributed by atoms with Crippen LogP contribution in [0, 0.1) is 0 Å². The predicted octanol–water partition coefficient (Wildman–Crippen LogP) is 3.38. The minimum absolute atomic E-state index is 0.0772. The van der Waals surface area contributed by atoms with Crippen molar-refractivity contribution < 1.29 is 0 Å². The Morgan fingerprint density at radius 3 is 2.26 bits per heavy atom. The Bertz CT molecular complexity index is 613. The maximum absolute atomic E-state index is 5.63. The van der Waals surface area contributed by atoms with Gasteiger partial charge in [-0.25, -0.2) is 15.0 Å². The van der Waals surface area contributed by atoms with E-state index in [9.17, 15) is 0 Å². The van der Waals surface area contributed by atoms with Gasteiger partial charge in [0.1, 0.15) is 5.82 Å². The molecule has 0 amide bonds. The molecule has 0 aliphatic rings. The van der Waals surface area contributed by atoms with Crippen LogP contribution in [0.2, 0.25) is 0 Å². The summed E-state index contributed by atoms with van der Waals surface area (Å²) in [7, 11) is 2.03. The van der Waals surface area contributed by atoms with Gasteiger partial charge >= 0.3 is 0 Å². The molecule has 2 heterocycles. The van der Waals surface area contributed by atoms with E-state index in [1.165, 1.54) is 5.56 Å². The molecule has 0 saturated carbocycles. The number of rotatable bonds is 5. The van der Waals surface area contributed by atoms with Crippen molar-refractivity contribution in [3.05, 3.63) is 41.9 Å². The molecule has 2 aromatic heterocycles. The van der Waals surface area contributed by atoms with Crippen molar-refractivity contribution in [3.63, 3.8) is 0 Å². The summed E-state index contributed by atoms with van der Waals surface area (Å²) in [5, 5.41) is 0. The first-order valence-electron chi connectivity index (χ1n) is 8.02. The summed E-state index contributed by atoms with van der Waals surface area (Å²) >= 11 is 0. The van der Waals surface area contributed by atoms with E-state index >= 15 is 0 Å². The molecule has 1 unspecified atom stereocenters. The lowest BCUT2D eigenvalue weighted by Crippen LogP contribution is -2.23. The number of nitrogens with zero attached hydrogens (tertiary/aromatic N) is 4. The van der Waals surface area contributed by atoms with Crippen LogP contribution in [0.3, 0.4) is 0 Å². The van der Waals surface area contributed by atoms with Gasteiger partial charge in [0.2, 0.25) is 5.95 Å². The first kappa shape index (κ1) is 17.2. The largest absolute Gasteiger partial charge is 0.384 e. The minimum Gasteiger partial charge on any atom is -0.384 e. The number of pyridine rings is 1. The Morgan fingerprint density at radius 1 is 1.09 bits per heavy atom.